The first-order chi connectivity index (χ1) is 12.9. The molecule has 0 aliphatic carbocycles. The first kappa shape index (κ1) is 20.3. The molecule has 0 saturated heterocycles. The van der Waals surface area contributed by atoms with Crippen molar-refractivity contribution < 1.29 is 18.4 Å². The van der Waals surface area contributed by atoms with E-state index in [2.05, 4.69) is 5.32 Å². The summed E-state index contributed by atoms with van der Waals surface area (Å²) in [7, 11) is 0. The highest BCUT2D eigenvalue weighted by Crippen LogP contribution is 2.15. The zero-order valence-electron chi connectivity index (χ0n) is 15.3. The van der Waals surface area contributed by atoms with Crippen molar-refractivity contribution in [3.8, 4) is 0 Å². The molecule has 2 rings (SSSR count). The molecule has 27 heavy (non-hydrogen) atoms. The highest BCUT2D eigenvalue weighted by molar-refractivity contribution is 5.99. The largest absolute Gasteiger partial charge is 0.327 e. The minimum Gasteiger partial charge on any atom is -0.327 e. The number of benzene rings is 2. The molecule has 142 valence electrons. The van der Waals surface area contributed by atoms with Crippen molar-refractivity contribution in [2.75, 3.05) is 11.9 Å². The summed E-state index contributed by atoms with van der Waals surface area (Å²) in [6.45, 7) is 3.83. The van der Waals surface area contributed by atoms with E-state index in [1.807, 2.05) is 13.0 Å². The number of nitrogens with one attached hydrogen (secondary N) is 1. The summed E-state index contributed by atoms with van der Waals surface area (Å²) >= 11 is 0. The zero-order valence-corrected chi connectivity index (χ0v) is 15.3. The van der Waals surface area contributed by atoms with E-state index in [0.717, 1.165) is 24.3 Å². The van der Waals surface area contributed by atoms with Crippen LogP contribution in [0.1, 0.15) is 25.8 Å². The van der Waals surface area contributed by atoms with Gasteiger partial charge in [-0.15, -0.1) is 0 Å². The van der Waals surface area contributed by atoms with Gasteiger partial charge in [-0.25, -0.2) is 8.78 Å². The third-order valence-electron chi connectivity index (χ3n) is 4.03. The van der Waals surface area contributed by atoms with E-state index in [-0.39, 0.29) is 11.5 Å². The van der Waals surface area contributed by atoms with Gasteiger partial charge in [0.1, 0.15) is 17.7 Å². The molecule has 1 unspecified atom stereocenters. The lowest BCUT2D eigenvalue weighted by atomic mass is 10.1. The quantitative estimate of drug-likeness (QED) is 0.739. The van der Waals surface area contributed by atoms with Gasteiger partial charge in [-0.05, 0) is 43.7 Å². The molecule has 0 saturated carbocycles. The number of carbonyl (C=O) groups is 2. The van der Waals surface area contributed by atoms with Crippen LogP contribution in [0.2, 0.25) is 0 Å². The fourth-order valence-electron chi connectivity index (χ4n) is 2.57. The van der Waals surface area contributed by atoms with Crippen LogP contribution in [0.25, 0.3) is 6.08 Å². The smallest absolute Gasteiger partial charge is 0.247 e. The lowest BCUT2D eigenvalue weighted by Gasteiger charge is -2.27. The monoisotopic (exact) mass is 372 g/mol. The molecule has 0 bridgehead atoms. The third-order valence-corrected chi connectivity index (χ3v) is 4.03. The number of hydrogen-bond donors (Lipinski definition) is 1. The summed E-state index contributed by atoms with van der Waals surface area (Å²) < 4.78 is 27.4. The number of nitrogens with zero attached hydrogens (tertiary/aromatic N) is 1. The van der Waals surface area contributed by atoms with Crippen LogP contribution in [0.15, 0.2) is 54.6 Å². The molecule has 4 nitrogen and oxygen atoms in total. The Morgan fingerprint density at radius 2 is 1.70 bits per heavy atom. The topological polar surface area (TPSA) is 49.4 Å². The van der Waals surface area contributed by atoms with Gasteiger partial charge in [-0.2, -0.15) is 0 Å². The van der Waals surface area contributed by atoms with E-state index in [1.54, 1.807) is 31.2 Å². The average molecular weight is 372 g/mol. The molecule has 2 aromatic rings. The lowest BCUT2D eigenvalue weighted by molar-refractivity contribution is -0.134. The van der Waals surface area contributed by atoms with E-state index >= 15 is 0 Å². The van der Waals surface area contributed by atoms with Crippen molar-refractivity contribution in [3.05, 3.63) is 71.8 Å². The van der Waals surface area contributed by atoms with Gasteiger partial charge in [-0.1, -0.05) is 31.2 Å². The van der Waals surface area contributed by atoms with Crippen LogP contribution < -0.4 is 5.32 Å². The highest BCUT2D eigenvalue weighted by Gasteiger charge is 2.24. The van der Waals surface area contributed by atoms with Gasteiger partial charge in [0.15, 0.2) is 0 Å². The number of anilines is 1. The van der Waals surface area contributed by atoms with Gasteiger partial charge in [0, 0.05) is 23.9 Å². The summed E-state index contributed by atoms with van der Waals surface area (Å²) in [5.41, 5.74) is 0.339. The summed E-state index contributed by atoms with van der Waals surface area (Å²) in [4.78, 5) is 26.4. The normalized spacial score (nSPS) is 12.0. The Morgan fingerprint density at radius 3 is 2.30 bits per heavy atom. The lowest BCUT2D eigenvalue weighted by Crippen LogP contribution is -2.45. The standard InChI is InChI=1S/C21H22F2N2O2/c1-3-14-25(15(2)21(27)24-16-8-5-4-6-9-16)20(26)13-12-17-18(22)10-7-11-19(17)23/h4-13,15H,3,14H2,1-2H3,(H,24,27)/b13-12+. The molecule has 0 radical (unpaired) electrons. The van der Waals surface area contributed by atoms with Crippen LogP contribution in [0.3, 0.4) is 0 Å². The number of para-hydroxylation sites is 1. The van der Waals surface area contributed by atoms with Gasteiger partial charge in [0.05, 0.1) is 0 Å². The molecule has 0 aromatic heterocycles. The summed E-state index contributed by atoms with van der Waals surface area (Å²) in [6.07, 6.45) is 2.82. The predicted molar refractivity (Wildman–Crippen MR) is 102 cm³/mol. The zero-order chi connectivity index (χ0) is 19.8. The maximum absolute atomic E-state index is 13.7. The van der Waals surface area contributed by atoms with E-state index in [4.69, 9.17) is 0 Å². The summed E-state index contributed by atoms with van der Waals surface area (Å²) in [6, 6.07) is 11.7. The second-order valence-corrected chi connectivity index (χ2v) is 6.03. The SMILES string of the molecule is CCCN(C(=O)/C=C/c1c(F)cccc1F)C(C)C(=O)Nc1ccccc1. The molecule has 6 heteroatoms. The van der Waals surface area contributed by atoms with Crippen LogP contribution in [-0.4, -0.2) is 29.3 Å². The van der Waals surface area contributed by atoms with E-state index in [0.29, 0.717) is 18.7 Å². The minimum absolute atomic E-state index is 0.288. The summed E-state index contributed by atoms with van der Waals surface area (Å²) in [5.74, 6) is -2.34. The fraction of sp³-hybridized carbons (Fsp3) is 0.238. The van der Waals surface area contributed by atoms with Crippen molar-refractivity contribution >= 4 is 23.6 Å². The number of amides is 2. The van der Waals surface area contributed by atoms with Crippen LogP contribution >= 0.6 is 0 Å². The van der Waals surface area contributed by atoms with Crippen molar-refractivity contribution in [1.82, 2.24) is 4.90 Å². The Kier molecular flexibility index (Phi) is 7.23. The van der Waals surface area contributed by atoms with Crippen molar-refractivity contribution in [3.63, 3.8) is 0 Å². The molecule has 2 amide bonds. The molecule has 1 N–H and O–H groups in total. The van der Waals surface area contributed by atoms with Crippen molar-refractivity contribution in [2.24, 2.45) is 0 Å². The molecule has 0 spiro atoms. The summed E-state index contributed by atoms with van der Waals surface area (Å²) in [5, 5.41) is 2.75. The Balaban J connectivity index is 2.13. The average Bonchev–Trinajstić information content (AvgIpc) is 2.65. The Morgan fingerprint density at radius 1 is 1.07 bits per heavy atom. The molecular weight excluding hydrogens is 350 g/mol. The maximum Gasteiger partial charge on any atom is 0.247 e. The number of halogens is 2. The molecule has 0 aliphatic rings. The molecule has 1 atom stereocenters. The van der Waals surface area contributed by atoms with E-state index < -0.39 is 23.6 Å². The van der Waals surface area contributed by atoms with E-state index in [9.17, 15) is 18.4 Å². The third kappa shape index (κ3) is 5.48. The minimum atomic E-state index is -0.754. The van der Waals surface area contributed by atoms with Gasteiger partial charge in [0.25, 0.3) is 0 Å². The molecule has 0 heterocycles. The predicted octanol–water partition coefficient (Wildman–Crippen LogP) is 4.24. The highest BCUT2D eigenvalue weighted by atomic mass is 19.1. The van der Waals surface area contributed by atoms with Crippen LogP contribution in [0.4, 0.5) is 14.5 Å². The first-order valence-corrected chi connectivity index (χ1v) is 8.72. The van der Waals surface area contributed by atoms with Crippen molar-refractivity contribution in [2.45, 2.75) is 26.3 Å². The Labute approximate surface area is 157 Å². The van der Waals surface area contributed by atoms with Gasteiger partial charge in [-0.3, -0.25) is 9.59 Å². The van der Waals surface area contributed by atoms with Gasteiger partial charge < -0.3 is 10.2 Å². The Hall–Kier alpha value is -3.02. The first-order valence-electron chi connectivity index (χ1n) is 8.72. The molecule has 2 aromatic carbocycles. The maximum atomic E-state index is 13.7. The van der Waals surface area contributed by atoms with Crippen molar-refractivity contribution in [1.29, 1.82) is 0 Å². The molecule has 0 aliphatic heterocycles. The number of rotatable bonds is 7. The number of hydrogen-bond acceptors (Lipinski definition) is 2. The Bertz CT molecular complexity index is 802. The molecule has 0 fully saturated rings. The van der Waals surface area contributed by atoms with Crippen LogP contribution in [0.5, 0.6) is 0 Å². The second-order valence-electron chi connectivity index (χ2n) is 6.03. The van der Waals surface area contributed by atoms with Gasteiger partial charge >= 0.3 is 0 Å². The van der Waals surface area contributed by atoms with Crippen LogP contribution in [-0.2, 0) is 9.59 Å². The van der Waals surface area contributed by atoms with Crippen LogP contribution in [0, 0.1) is 11.6 Å². The van der Waals surface area contributed by atoms with Gasteiger partial charge in [0.2, 0.25) is 11.8 Å². The number of carbonyl (C=O) groups excluding carboxylic acids is 2. The fourth-order valence-corrected chi connectivity index (χ4v) is 2.57. The second kappa shape index (κ2) is 9.62. The molecular formula is C21H22F2N2O2. The van der Waals surface area contributed by atoms with E-state index in [1.165, 1.54) is 11.0 Å².